The maximum Gasteiger partial charge on any atom is 0.317 e. The largest absolute Gasteiger partial charge is 0.481 e. The van der Waals surface area contributed by atoms with Crippen LogP contribution in [0.3, 0.4) is 0 Å². The highest BCUT2D eigenvalue weighted by atomic mass is 16.4. The molecular weight excluding hydrogens is 246 g/mol. The Morgan fingerprint density at radius 3 is 2.58 bits per heavy atom. The standard InChI is InChI=1S/C13H23N3O3/c1-9-11(12(17)18)5-7-16(9)13(19)14-6-8-15(2)10-3-4-10/h9-11H,3-8H2,1-2H3,(H,14,19)(H,17,18). The van der Waals surface area contributed by atoms with Gasteiger partial charge in [0.2, 0.25) is 0 Å². The fourth-order valence-corrected chi connectivity index (χ4v) is 2.70. The third kappa shape index (κ3) is 3.37. The van der Waals surface area contributed by atoms with Gasteiger partial charge in [-0.05, 0) is 33.2 Å². The van der Waals surface area contributed by atoms with Crippen LogP contribution in [0.2, 0.25) is 0 Å². The van der Waals surface area contributed by atoms with E-state index in [9.17, 15) is 9.59 Å². The average molecular weight is 269 g/mol. The van der Waals surface area contributed by atoms with Crippen molar-refractivity contribution in [1.82, 2.24) is 15.1 Å². The monoisotopic (exact) mass is 269 g/mol. The second-order valence-corrected chi connectivity index (χ2v) is 5.61. The number of urea groups is 1. The first-order valence-electron chi connectivity index (χ1n) is 6.98. The summed E-state index contributed by atoms with van der Waals surface area (Å²) in [6.07, 6.45) is 3.06. The zero-order valence-corrected chi connectivity index (χ0v) is 11.6. The molecule has 2 unspecified atom stereocenters. The van der Waals surface area contributed by atoms with E-state index in [0.29, 0.717) is 25.6 Å². The molecule has 1 saturated carbocycles. The van der Waals surface area contributed by atoms with Gasteiger partial charge in [-0.2, -0.15) is 0 Å². The number of carbonyl (C=O) groups excluding carboxylic acids is 1. The van der Waals surface area contributed by atoms with Crippen molar-refractivity contribution in [3.05, 3.63) is 0 Å². The lowest BCUT2D eigenvalue weighted by Gasteiger charge is -2.24. The smallest absolute Gasteiger partial charge is 0.317 e. The molecule has 0 aromatic heterocycles. The molecule has 108 valence electrons. The van der Waals surface area contributed by atoms with E-state index in [4.69, 9.17) is 5.11 Å². The Morgan fingerprint density at radius 2 is 2.05 bits per heavy atom. The van der Waals surface area contributed by atoms with Crippen LogP contribution < -0.4 is 5.32 Å². The molecule has 6 nitrogen and oxygen atoms in total. The molecule has 2 atom stereocenters. The van der Waals surface area contributed by atoms with Crippen molar-refractivity contribution in [2.45, 2.75) is 38.3 Å². The van der Waals surface area contributed by atoms with Crippen molar-refractivity contribution >= 4 is 12.0 Å². The van der Waals surface area contributed by atoms with E-state index in [1.54, 1.807) is 4.90 Å². The fraction of sp³-hybridized carbons (Fsp3) is 0.846. The molecule has 6 heteroatoms. The predicted molar refractivity (Wildman–Crippen MR) is 71.0 cm³/mol. The first-order chi connectivity index (χ1) is 9.00. The topological polar surface area (TPSA) is 72.9 Å². The highest BCUT2D eigenvalue weighted by Gasteiger charge is 2.38. The normalized spacial score (nSPS) is 26.8. The molecule has 1 saturated heterocycles. The summed E-state index contributed by atoms with van der Waals surface area (Å²) in [4.78, 5) is 26.9. The van der Waals surface area contributed by atoms with Gasteiger partial charge in [-0.15, -0.1) is 0 Å². The first-order valence-corrected chi connectivity index (χ1v) is 6.98. The average Bonchev–Trinajstić information content (AvgIpc) is 3.12. The van der Waals surface area contributed by atoms with Gasteiger partial charge in [0.05, 0.1) is 5.92 Å². The number of aliphatic carboxylic acids is 1. The highest BCUT2D eigenvalue weighted by Crippen LogP contribution is 2.25. The van der Waals surface area contributed by atoms with Gasteiger partial charge >= 0.3 is 12.0 Å². The molecule has 2 fully saturated rings. The van der Waals surface area contributed by atoms with E-state index >= 15 is 0 Å². The third-order valence-corrected chi connectivity index (χ3v) is 4.24. The van der Waals surface area contributed by atoms with E-state index < -0.39 is 11.9 Å². The summed E-state index contributed by atoms with van der Waals surface area (Å²) in [5.41, 5.74) is 0. The van der Waals surface area contributed by atoms with Gasteiger partial charge in [-0.3, -0.25) is 4.79 Å². The van der Waals surface area contributed by atoms with Crippen LogP contribution in [-0.2, 0) is 4.79 Å². The lowest BCUT2D eigenvalue weighted by Crippen LogP contribution is -2.45. The number of carbonyl (C=O) groups is 2. The van der Waals surface area contributed by atoms with Gasteiger partial charge < -0.3 is 20.2 Å². The molecule has 2 N–H and O–H groups in total. The van der Waals surface area contributed by atoms with Crippen LogP contribution in [0.5, 0.6) is 0 Å². The summed E-state index contributed by atoms with van der Waals surface area (Å²) in [7, 11) is 2.07. The summed E-state index contributed by atoms with van der Waals surface area (Å²) in [6.45, 7) is 3.80. The zero-order chi connectivity index (χ0) is 14.0. The van der Waals surface area contributed by atoms with Gasteiger partial charge in [0.25, 0.3) is 0 Å². The number of nitrogens with zero attached hydrogens (tertiary/aromatic N) is 2. The van der Waals surface area contributed by atoms with Crippen molar-refractivity contribution in [2.75, 3.05) is 26.7 Å². The van der Waals surface area contributed by atoms with E-state index in [1.165, 1.54) is 12.8 Å². The molecule has 0 aromatic rings. The summed E-state index contributed by atoms with van der Waals surface area (Å²) >= 11 is 0. The Kier molecular flexibility index (Phi) is 4.29. The quantitative estimate of drug-likeness (QED) is 0.766. The number of amides is 2. The summed E-state index contributed by atoms with van der Waals surface area (Å²) in [6, 6.07) is 0.332. The van der Waals surface area contributed by atoms with Crippen molar-refractivity contribution < 1.29 is 14.7 Å². The van der Waals surface area contributed by atoms with Crippen LogP contribution in [0, 0.1) is 5.92 Å². The number of nitrogens with one attached hydrogen (secondary N) is 1. The van der Waals surface area contributed by atoms with Crippen molar-refractivity contribution in [2.24, 2.45) is 5.92 Å². The second-order valence-electron chi connectivity index (χ2n) is 5.61. The zero-order valence-electron chi connectivity index (χ0n) is 11.6. The molecule has 0 aromatic carbocycles. The van der Waals surface area contributed by atoms with Crippen molar-refractivity contribution in [3.8, 4) is 0 Å². The third-order valence-electron chi connectivity index (χ3n) is 4.24. The SMILES string of the molecule is CC1C(C(=O)O)CCN1C(=O)NCCN(C)C1CC1. The maximum absolute atomic E-state index is 12.0. The number of carboxylic acids is 1. The van der Waals surface area contributed by atoms with Gasteiger partial charge in [-0.25, -0.2) is 4.79 Å². The number of hydrogen-bond acceptors (Lipinski definition) is 3. The maximum atomic E-state index is 12.0. The molecule has 0 bridgehead atoms. The molecule has 0 radical (unpaired) electrons. The molecule has 1 aliphatic carbocycles. The minimum absolute atomic E-state index is 0.138. The molecular formula is C13H23N3O3. The van der Waals surface area contributed by atoms with Crippen LogP contribution in [0.1, 0.15) is 26.2 Å². The van der Waals surface area contributed by atoms with Gasteiger partial charge in [0.15, 0.2) is 0 Å². The van der Waals surface area contributed by atoms with E-state index in [2.05, 4.69) is 17.3 Å². The molecule has 0 spiro atoms. The van der Waals surface area contributed by atoms with Gasteiger partial charge in [-0.1, -0.05) is 0 Å². The summed E-state index contributed by atoms with van der Waals surface area (Å²) < 4.78 is 0. The molecule has 2 amide bonds. The van der Waals surface area contributed by atoms with Gasteiger partial charge in [0.1, 0.15) is 0 Å². The van der Waals surface area contributed by atoms with Crippen molar-refractivity contribution in [1.29, 1.82) is 0 Å². The summed E-state index contributed by atoms with van der Waals surface area (Å²) in [5, 5.41) is 11.9. The van der Waals surface area contributed by atoms with E-state index in [1.807, 2.05) is 6.92 Å². The first kappa shape index (κ1) is 14.1. The Labute approximate surface area is 113 Å². The minimum Gasteiger partial charge on any atom is -0.481 e. The number of hydrogen-bond donors (Lipinski definition) is 2. The number of likely N-dealkylation sites (tertiary alicyclic amines) is 1. The van der Waals surface area contributed by atoms with Crippen LogP contribution in [0.25, 0.3) is 0 Å². The number of likely N-dealkylation sites (N-methyl/N-ethyl adjacent to an activating group) is 1. The number of carboxylic acid groups (broad SMARTS) is 1. The van der Waals surface area contributed by atoms with Crippen LogP contribution in [0.4, 0.5) is 4.79 Å². The van der Waals surface area contributed by atoms with E-state index in [0.717, 1.165) is 6.54 Å². The fourth-order valence-electron chi connectivity index (χ4n) is 2.70. The Hall–Kier alpha value is -1.30. The molecule has 19 heavy (non-hydrogen) atoms. The lowest BCUT2D eigenvalue weighted by atomic mass is 10.0. The molecule has 2 aliphatic rings. The summed E-state index contributed by atoms with van der Waals surface area (Å²) in [5.74, 6) is -1.24. The van der Waals surface area contributed by atoms with Crippen molar-refractivity contribution in [3.63, 3.8) is 0 Å². The Morgan fingerprint density at radius 1 is 1.37 bits per heavy atom. The van der Waals surface area contributed by atoms with Crippen LogP contribution in [-0.4, -0.2) is 65.7 Å². The Balaban J connectivity index is 1.72. The molecule has 2 rings (SSSR count). The van der Waals surface area contributed by atoms with E-state index in [-0.39, 0.29) is 12.1 Å². The van der Waals surface area contributed by atoms with Crippen LogP contribution in [0.15, 0.2) is 0 Å². The molecule has 1 aliphatic heterocycles. The molecule has 1 heterocycles. The lowest BCUT2D eigenvalue weighted by molar-refractivity contribution is -0.142. The van der Waals surface area contributed by atoms with Gasteiger partial charge in [0, 0.05) is 31.7 Å². The van der Waals surface area contributed by atoms with Crippen LogP contribution >= 0.6 is 0 Å². The predicted octanol–water partition coefficient (Wildman–Crippen LogP) is 0.585. The Bertz CT molecular complexity index is 357. The second kappa shape index (κ2) is 5.77. The highest BCUT2D eigenvalue weighted by molar-refractivity contribution is 5.78. The minimum atomic E-state index is -0.809. The number of rotatable bonds is 5.